The summed E-state index contributed by atoms with van der Waals surface area (Å²) in [7, 11) is 3.17. The Bertz CT molecular complexity index is 515. The number of benzene rings is 1. The summed E-state index contributed by atoms with van der Waals surface area (Å²) in [6.07, 6.45) is 1.68. The lowest BCUT2D eigenvalue weighted by molar-refractivity contribution is 0.186. The van der Waals surface area contributed by atoms with Crippen molar-refractivity contribution >= 4 is 5.96 Å². The molecular weight excluding hydrogens is 282 g/mol. The van der Waals surface area contributed by atoms with Crippen LogP contribution in [0.5, 0.6) is 11.5 Å². The number of aliphatic hydroxyl groups is 1. The molecule has 1 aliphatic carbocycles. The highest BCUT2D eigenvalue weighted by molar-refractivity contribution is 5.80. The molecule has 0 radical (unpaired) electrons. The maximum atomic E-state index is 10.3. The Labute approximate surface area is 131 Å². The van der Waals surface area contributed by atoms with Gasteiger partial charge in [0.15, 0.2) is 17.5 Å². The number of guanidine groups is 1. The number of ether oxygens (including phenoxy) is 2. The zero-order valence-corrected chi connectivity index (χ0v) is 13.4. The van der Waals surface area contributed by atoms with Crippen LogP contribution < -0.4 is 20.1 Å². The summed E-state index contributed by atoms with van der Waals surface area (Å²) in [5.41, 5.74) is 0.753. The van der Waals surface area contributed by atoms with Gasteiger partial charge in [-0.25, -0.2) is 0 Å². The van der Waals surface area contributed by atoms with Crippen molar-refractivity contribution in [3.05, 3.63) is 23.8 Å². The van der Waals surface area contributed by atoms with Crippen molar-refractivity contribution in [3.63, 3.8) is 0 Å². The molecule has 1 aromatic carbocycles. The summed E-state index contributed by atoms with van der Waals surface area (Å²) in [5, 5.41) is 16.8. The molecule has 1 fully saturated rings. The van der Waals surface area contributed by atoms with Gasteiger partial charge >= 0.3 is 0 Å². The van der Waals surface area contributed by atoms with Crippen LogP contribution >= 0.6 is 0 Å². The van der Waals surface area contributed by atoms with Gasteiger partial charge in [-0.1, -0.05) is 6.07 Å². The third-order valence-corrected chi connectivity index (χ3v) is 3.48. The molecule has 1 unspecified atom stereocenters. The Morgan fingerprint density at radius 3 is 2.64 bits per heavy atom. The first-order chi connectivity index (χ1) is 10.7. The highest BCUT2D eigenvalue weighted by Gasteiger charge is 2.22. The van der Waals surface area contributed by atoms with Crippen LogP contribution in [0, 0.1) is 0 Å². The fourth-order valence-corrected chi connectivity index (χ4v) is 2.08. The predicted molar refractivity (Wildman–Crippen MR) is 86.6 cm³/mol. The topological polar surface area (TPSA) is 75.1 Å². The molecule has 3 N–H and O–H groups in total. The first kappa shape index (κ1) is 16.4. The highest BCUT2D eigenvalue weighted by Crippen LogP contribution is 2.30. The van der Waals surface area contributed by atoms with Gasteiger partial charge in [-0.05, 0) is 37.5 Å². The minimum absolute atomic E-state index is 0.289. The van der Waals surface area contributed by atoms with E-state index in [1.807, 2.05) is 13.0 Å². The molecule has 122 valence electrons. The van der Waals surface area contributed by atoms with Gasteiger partial charge in [0.1, 0.15) is 0 Å². The van der Waals surface area contributed by atoms with Crippen molar-refractivity contribution in [2.24, 2.45) is 4.99 Å². The predicted octanol–water partition coefficient (Wildman–Crippen LogP) is 1.45. The van der Waals surface area contributed by atoms with E-state index in [0.29, 0.717) is 17.5 Å². The van der Waals surface area contributed by atoms with Gasteiger partial charge in [-0.3, -0.25) is 4.99 Å². The van der Waals surface area contributed by atoms with Gasteiger partial charge < -0.3 is 25.2 Å². The Balaban J connectivity index is 2.01. The molecule has 2 rings (SSSR count). The maximum absolute atomic E-state index is 10.3. The van der Waals surface area contributed by atoms with E-state index in [-0.39, 0.29) is 6.54 Å². The second-order valence-electron chi connectivity index (χ2n) is 5.27. The van der Waals surface area contributed by atoms with Crippen molar-refractivity contribution in [1.29, 1.82) is 0 Å². The van der Waals surface area contributed by atoms with Gasteiger partial charge in [-0.15, -0.1) is 0 Å². The molecular formula is C16H25N3O3. The van der Waals surface area contributed by atoms with Crippen molar-refractivity contribution in [3.8, 4) is 11.5 Å². The van der Waals surface area contributed by atoms with Crippen LogP contribution in [-0.2, 0) is 0 Å². The molecule has 22 heavy (non-hydrogen) atoms. The van der Waals surface area contributed by atoms with Gasteiger partial charge in [-0.2, -0.15) is 0 Å². The summed E-state index contributed by atoms with van der Waals surface area (Å²) < 4.78 is 10.5. The minimum Gasteiger partial charge on any atom is -0.493 e. The smallest absolute Gasteiger partial charge is 0.191 e. The van der Waals surface area contributed by atoms with Crippen LogP contribution in [0.3, 0.4) is 0 Å². The van der Waals surface area contributed by atoms with Gasteiger partial charge in [0.25, 0.3) is 0 Å². The lowest BCUT2D eigenvalue weighted by Gasteiger charge is -2.14. The van der Waals surface area contributed by atoms with E-state index in [1.54, 1.807) is 26.4 Å². The van der Waals surface area contributed by atoms with Crippen LogP contribution in [0.2, 0.25) is 0 Å². The number of nitrogens with one attached hydrogen (secondary N) is 2. The minimum atomic E-state index is -0.686. The number of hydrogen-bond donors (Lipinski definition) is 3. The third-order valence-electron chi connectivity index (χ3n) is 3.48. The molecule has 0 spiro atoms. The third kappa shape index (κ3) is 4.53. The molecule has 1 saturated carbocycles. The molecule has 0 amide bonds. The quantitative estimate of drug-likeness (QED) is 0.525. The number of aliphatic hydroxyl groups excluding tert-OH is 1. The molecule has 0 aliphatic heterocycles. The average Bonchev–Trinajstić information content (AvgIpc) is 3.35. The Hall–Kier alpha value is -1.95. The van der Waals surface area contributed by atoms with E-state index < -0.39 is 6.10 Å². The van der Waals surface area contributed by atoms with E-state index in [2.05, 4.69) is 15.6 Å². The zero-order valence-electron chi connectivity index (χ0n) is 13.4. The van der Waals surface area contributed by atoms with Crippen molar-refractivity contribution in [2.45, 2.75) is 31.9 Å². The average molecular weight is 307 g/mol. The SMILES string of the molecule is CCNC(=NCC(O)c1ccc(OC)c(OC)c1)NC1CC1. The number of rotatable bonds is 7. The zero-order chi connectivity index (χ0) is 15.9. The van der Waals surface area contributed by atoms with Gasteiger partial charge in [0.2, 0.25) is 0 Å². The molecule has 6 nitrogen and oxygen atoms in total. The first-order valence-electron chi connectivity index (χ1n) is 7.62. The van der Waals surface area contributed by atoms with E-state index in [0.717, 1.165) is 18.1 Å². The molecule has 0 bridgehead atoms. The number of hydrogen-bond acceptors (Lipinski definition) is 4. The lowest BCUT2D eigenvalue weighted by Crippen LogP contribution is -2.38. The lowest BCUT2D eigenvalue weighted by atomic mass is 10.1. The van der Waals surface area contributed by atoms with Crippen molar-refractivity contribution < 1.29 is 14.6 Å². The van der Waals surface area contributed by atoms with Crippen LogP contribution in [-0.4, -0.2) is 44.4 Å². The van der Waals surface area contributed by atoms with Crippen LogP contribution in [0.4, 0.5) is 0 Å². The van der Waals surface area contributed by atoms with Crippen molar-refractivity contribution in [2.75, 3.05) is 27.3 Å². The van der Waals surface area contributed by atoms with Crippen molar-refractivity contribution in [1.82, 2.24) is 10.6 Å². The second-order valence-corrected chi connectivity index (χ2v) is 5.27. The molecule has 1 aliphatic rings. The van der Waals surface area contributed by atoms with Crippen LogP contribution in [0.15, 0.2) is 23.2 Å². The highest BCUT2D eigenvalue weighted by atomic mass is 16.5. The monoisotopic (exact) mass is 307 g/mol. The molecule has 1 atom stereocenters. The summed E-state index contributed by atoms with van der Waals surface area (Å²) in [5.74, 6) is 2.00. The molecule has 1 aromatic rings. The molecule has 0 saturated heterocycles. The van der Waals surface area contributed by atoms with Gasteiger partial charge in [0, 0.05) is 12.6 Å². The molecule has 0 aromatic heterocycles. The fourth-order valence-electron chi connectivity index (χ4n) is 2.08. The first-order valence-corrected chi connectivity index (χ1v) is 7.62. The van der Waals surface area contributed by atoms with Gasteiger partial charge in [0.05, 0.1) is 26.9 Å². The summed E-state index contributed by atoms with van der Waals surface area (Å²) in [4.78, 5) is 4.44. The number of methoxy groups -OCH3 is 2. The Kier molecular flexibility index (Phi) is 5.89. The number of nitrogens with zero attached hydrogens (tertiary/aromatic N) is 1. The number of aliphatic imine (C=N–C) groups is 1. The van der Waals surface area contributed by atoms with Crippen LogP contribution in [0.1, 0.15) is 31.4 Å². The van der Waals surface area contributed by atoms with Crippen LogP contribution in [0.25, 0.3) is 0 Å². The Morgan fingerprint density at radius 2 is 2.05 bits per heavy atom. The fraction of sp³-hybridized carbons (Fsp3) is 0.562. The summed E-state index contributed by atoms with van der Waals surface area (Å²) in [6.45, 7) is 3.11. The summed E-state index contributed by atoms with van der Waals surface area (Å²) in [6, 6.07) is 5.91. The van der Waals surface area contributed by atoms with E-state index in [4.69, 9.17) is 9.47 Å². The van der Waals surface area contributed by atoms with E-state index >= 15 is 0 Å². The molecule has 6 heteroatoms. The maximum Gasteiger partial charge on any atom is 0.191 e. The summed E-state index contributed by atoms with van der Waals surface area (Å²) >= 11 is 0. The normalized spacial score (nSPS) is 16.1. The van der Waals surface area contributed by atoms with E-state index in [1.165, 1.54) is 12.8 Å². The standard InChI is InChI=1S/C16H25N3O3/c1-4-17-16(19-12-6-7-12)18-10-13(20)11-5-8-14(21-2)15(9-11)22-3/h5,8-9,12-13,20H,4,6-7,10H2,1-3H3,(H2,17,18,19). The largest absolute Gasteiger partial charge is 0.493 e. The second kappa shape index (κ2) is 7.89. The molecule has 0 heterocycles. The van der Waals surface area contributed by atoms with E-state index in [9.17, 15) is 5.11 Å². The Morgan fingerprint density at radius 1 is 1.32 bits per heavy atom.